The van der Waals surface area contributed by atoms with Crippen molar-refractivity contribution in [3.63, 3.8) is 0 Å². The van der Waals surface area contributed by atoms with Crippen LogP contribution in [-0.2, 0) is 6.54 Å². The van der Waals surface area contributed by atoms with Gasteiger partial charge in [-0.05, 0) is 29.3 Å². The van der Waals surface area contributed by atoms with Gasteiger partial charge in [0, 0.05) is 12.2 Å². The molecule has 0 atom stereocenters. The van der Waals surface area contributed by atoms with Crippen LogP contribution < -0.4 is 5.32 Å². The summed E-state index contributed by atoms with van der Waals surface area (Å²) >= 11 is 12.2. The molecule has 0 spiro atoms. The molecule has 106 valence electrons. The van der Waals surface area contributed by atoms with Gasteiger partial charge >= 0.3 is 0 Å². The number of nitrogens with one attached hydrogen (secondary N) is 2. The molecule has 1 heterocycles. The number of hydrogen-bond donors (Lipinski definition) is 2. The molecule has 0 saturated heterocycles. The number of hydrogen-bond acceptors (Lipinski definition) is 2. The highest BCUT2D eigenvalue weighted by Crippen LogP contribution is 2.26. The molecule has 0 aliphatic carbocycles. The lowest BCUT2D eigenvalue weighted by Crippen LogP contribution is -2.00. The fourth-order valence-electron chi connectivity index (χ4n) is 2.06. The number of imidazole rings is 1. The van der Waals surface area contributed by atoms with Crippen LogP contribution in [0.2, 0.25) is 10.0 Å². The Hall–Kier alpha value is -1.97. The molecule has 3 aromatic rings. The fourth-order valence-corrected chi connectivity index (χ4v) is 2.45. The number of H-pyrrole nitrogens is 1. The van der Waals surface area contributed by atoms with Gasteiger partial charge in [0.1, 0.15) is 0 Å². The molecule has 0 radical (unpaired) electrons. The third kappa shape index (κ3) is 3.20. The largest absolute Gasteiger partial charge is 0.381 e. The van der Waals surface area contributed by atoms with Crippen LogP contribution in [0, 0.1) is 0 Å². The Morgan fingerprint density at radius 1 is 1.05 bits per heavy atom. The van der Waals surface area contributed by atoms with Crippen molar-refractivity contribution < 1.29 is 0 Å². The molecule has 3 nitrogen and oxygen atoms in total. The lowest BCUT2D eigenvalue weighted by Gasteiger charge is -2.09. The molecule has 2 N–H and O–H groups in total. The first-order valence-electron chi connectivity index (χ1n) is 6.49. The first-order chi connectivity index (χ1) is 10.2. The Labute approximate surface area is 132 Å². The predicted molar refractivity (Wildman–Crippen MR) is 87.8 cm³/mol. The molecule has 3 rings (SSSR count). The first-order valence-corrected chi connectivity index (χ1v) is 7.25. The fraction of sp³-hybridized carbons (Fsp3) is 0.0625. The van der Waals surface area contributed by atoms with Crippen molar-refractivity contribution in [1.82, 2.24) is 9.97 Å². The van der Waals surface area contributed by atoms with Crippen molar-refractivity contribution >= 4 is 28.9 Å². The van der Waals surface area contributed by atoms with Crippen LogP contribution in [0.3, 0.4) is 0 Å². The van der Waals surface area contributed by atoms with Crippen molar-refractivity contribution in [2.75, 3.05) is 5.32 Å². The zero-order valence-electron chi connectivity index (χ0n) is 11.1. The second-order valence-electron chi connectivity index (χ2n) is 4.61. The van der Waals surface area contributed by atoms with Crippen LogP contribution >= 0.6 is 23.2 Å². The van der Waals surface area contributed by atoms with Crippen molar-refractivity contribution in [3.8, 4) is 11.3 Å². The van der Waals surface area contributed by atoms with Crippen molar-refractivity contribution in [1.29, 1.82) is 0 Å². The number of nitrogens with zero attached hydrogens (tertiary/aromatic N) is 1. The summed E-state index contributed by atoms with van der Waals surface area (Å²) in [5, 5.41) is 4.51. The maximum Gasteiger partial charge on any atom is 0.0924 e. The summed E-state index contributed by atoms with van der Waals surface area (Å²) in [6.45, 7) is 0.628. The Balaban J connectivity index is 1.70. The maximum absolute atomic E-state index is 6.17. The van der Waals surface area contributed by atoms with Crippen LogP contribution in [0.1, 0.15) is 5.56 Å². The molecule has 0 fully saturated rings. The molecule has 1 aromatic heterocycles. The summed E-state index contributed by atoms with van der Waals surface area (Å²) in [7, 11) is 0. The van der Waals surface area contributed by atoms with Crippen molar-refractivity contribution in [2.45, 2.75) is 6.54 Å². The molecule has 0 saturated carbocycles. The van der Waals surface area contributed by atoms with Gasteiger partial charge in [0.2, 0.25) is 0 Å². The topological polar surface area (TPSA) is 40.7 Å². The van der Waals surface area contributed by atoms with Crippen molar-refractivity contribution in [3.05, 3.63) is 70.6 Å². The lowest BCUT2D eigenvalue weighted by atomic mass is 10.1. The summed E-state index contributed by atoms with van der Waals surface area (Å²) in [6, 6.07) is 13.8. The van der Waals surface area contributed by atoms with E-state index in [1.807, 2.05) is 36.4 Å². The third-order valence-corrected chi connectivity index (χ3v) is 4.07. The van der Waals surface area contributed by atoms with E-state index in [9.17, 15) is 0 Å². The Morgan fingerprint density at radius 2 is 1.86 bits per heavy atom. The number of aromatic amines is 1. The van der Waals surface area contributed by atoms with E-state index in [2.05, 4.69) is 15.3 Å². The standard InChI is InChI=1S/C16H13Cl2N3/c17-14-3-1-2-12(16(14)18)8-20-13-6-4-11(5-7-13)15-9-19-10-21-15/h1-7,9-10,20H,8H2,(H,19,21). The SMILES string of the molecule is Clc1cccc(CNc2ccc(-c3cnc[nH]3)cc2)c1Cl. The number of aromatic nitrogens is 2. The van der Waals surface area contributed by atoms with Crippen molar-refractivity contribution in [2.24, 2.45) is 0 Å². The monoisotopic (exact) mass is 317 g/mol. The van der Waals surface area contributed by atoms with Gasteiger partial charge in [0.25, 0.3) is 0 Å². The van der Waals surface area contributed by atoms with E-state index in [-0.39, 0.29) is 0 Å². The zero-order chi connectivity index (χ0) is 14.7. The first kappa shape index (κ1) is 14.0. The molecule has 21 heavy (non-hydrogen) atoms. The summed E-state index contributed by atoms with van der Waals surface area (Å²) in [6.07, 6.45) is 3.47. The van der Waals surface area contributed by atoms with E-state index < -0.39 is 0 Å². The van der Waals surface area contributed by atoms with Gasteiger partial charge in [-0.1, -0.05) is 47.5 Å². The molecular formula is C16H13Cl2N3. The van der Waals surface area contributed by atoms with Gasteiger partial charge in [0.05, 0.1) is 28.3 Å². The summed E-state index contributed by atoms with van der Waals surface area (Å²) in [4.78, 5) is 7.10. The summed E-state index contributed by atoms with van der Waals surface area (Å²) < 4.78 is 0. The highest BCUT2D eigenvalue weighted by atomic mass is 35.5. The zero-order valence-corrected chi connectivity index (χ0v) is 12.6. The molecule has 0 aliphatic rings. The average molecular weight is 318 g/mol. The smallest absolute Gasteiger partial charge is 0.0924 e. The van der Waals surface area contributed by atoms with Gasteiger partial charge in [0.15, 0.2) is 0 Å². The molecule has 5 heteroatoms. The predicted octanol–water partition coefficient (Wildman–Crippen LogP) is 5.00. The lowest BCUT2D eigenvalue weighted by molar-refractivity contribution is 1.15. The van der Waals surface area contributed by atoms with E-state index in [4.69, 9.17) is 23.2 Å². The molecule has 0 bridgehead atoms. The normalized spacial score (nSPS) is 10.6. The van der Waals surface area contributed by atoms with E-state index >= 15 is 0 Å². The quantitative estimate of drug-likeness (QED) is 0.711. The number of rotatable bonds is 4. The number of halogens is 2. The molecule has 0 unspecified atom stereocenters. The highest BCUT2D eigenvalue weighted by molar-refractivity contribution is 6.42. The van der Waals surface area contributed by atoms with Gasteiger partial charge in [-0.2, -0.15) is 0 Å². The molecule has 2 aromatic carbocycles. The van der Waals surface area contributed by atoms with E-state index in [1.54, 1.807) is 18.6 Å². The second kappa shape index (κ2) is 6.20. The average Bonchev–Trinajstić information content (AvgIpc) is 3.04. The molecule has 0 amide bonds. The minimum Gasteiger partial charge on any atom is -0.381 e. The van der Waals surface area contributed by atoms with Crippen LogP contribution in [0.25, 0.3) is 11.3 Å². The van der Waals surface area contributed by atoms with Crippen LogP contribution in [0.15, 0.2) is 55.0 Å². The van der Waals surface area contributed by atoms with E-state index in [0.717, 1.165) is 22.5 Å². The molecule has 0 aliphatic heterocycles. The Morgan fingerprint density at radius 3 is 2.57 bits per heavy atom. The van der Waals surface area contributed by atoms with Crippen LogP contribution in [0.4, 0.5) is 5.69 Å². The van der Waals surface area contributed by atoms with Gasteiger partial charge in [-0.15, -0.1) is 0 Å². The third-order valence-electron chi connectivity index (χ3n) is 3.21. The highest BCUT2D eigenvalue weighted by Gasteiger charge is 2.04. The minimum atomic E-state index is 0.575. The van der Waals surface area contributed by atoms with E-state index in [1.165, 1.54) is 0 Å². The number of benzene rings is 2. The number of anilines is 1. The van der Waals surface area contributed by atoms with Gasteiger partial charge in [-0.3, -0.25) is 0 Å². The minimum absolute atomic E-state index is 0.575. The van der Waals surface area contributed by atoms with E-state index in [0.29, 0.717) is 16.6 Å². The Kier molecular flexibility index (Phi) is 4.13. The summed E-state index contributed by atoms with van der Waals surface area (Å²) in [5.41, 5.74) is 4.09. The van der Waals surface area contributed by atoms with Gasteiger partial charge in [-0.25, -0.2) is 4.98 Å². The Bertz CT molecular complexity index is 722. The maximum atomic E-state index is 6.17. The van der Waals surface area contributed by atoms with Gasteiger partial charge < -0.3 is 10.3 Å². The second-order valence-corrected chi connectivity index (χ2v) is 5.39. The van der Waals surface area contributed by atoms with Crippen LogP contribution in [0.5, 0.6) is 0 Å². The van der Waals surface area contributed by atoms with Crippen LogP contribution in [-0.4, -0.2) is 9.97 Å². The molecular weight excluding hydrogens is 305 g/mol. The summed E-state index contributed by atoms with van der Waals surface area (Å²) in [5.74, 6) is 0.